The minimum Gasteiger partial charge on any atom is -0.485 e. The summed E-state index contributed by atoms with van der Waals surface area (Å²) in [6.45, 7) is 2.00. The Bertz CT molecular complexity index is 478. The molecule has 1 unspecified atom stereocenters. The van der Waals surface area contributed by atoms with Crippen LogP contribution in [0.3, 0.4) is 0 Å². The molecule has 0 saturated heterocycles. The van der Waals surface area contributed by atoms with Crippen molar-refractivity contribution in [1.29, 1.82) is 0 Å². The van der Waals surface area contributed by atoms with Gasteiger partial charge < -0.3 is 9.84 Å². The second kappa shape index (κ2) is 4.92. The van der Waals surface area contributed by atoms with Crippen molar-refractivity contribution >= 4 is 0 Å². The van der Waals surface area contributed by atoms with E-state index in [-0.39, 0.29) is 6.61 Å². The molecule has 0 aliphatic rings. The molecule has 0 aliphatic carbocycles. The number of ether oxygens (including phenoxy) is 1. The highest BCUT2D eigenvalue weighted by Gasteiger charge is 2.03. The lowest BCUT2D eigenvalue weighted by molar-refractivity contribution is 0.199. The Balaban J connectivity index is 1.95. The van der Waals surface area contributed by atoms with E-state index < -0.39 is 6.10 Å². The van der Waals surface area contributed by atoms with Gasteiger partial charge in [0.2, 0.25) is 5.82 Å². The van der Waals surface area contributed by atoms with Gasteiger partial charge in [-0.1, -0.05) is 12.1 Å². The molecule has 1 aromatic carbocycles. The van der Waals surface area contributed by atoms with Crippen molar-refractivity contribution < 1.29 is 9.84 Å². The number of benzene rings is 1. The quantitative estimate of drug-likeness (QED) is 0.848. The van der Waals surface area contributed by atoms with Gasteiger partial charge in [0, 0.05) is 0 Å². The summed E-state index contributed by atoms with van der Waals surface area (Å²) < 4.78 is 5.48. The summed E-state index contributed by atoms with van der Waals surface area (Å²) in [5, 5.41) is 20.9. The Morgan fingerprint density at radius 1 is 1.35 bits per heavy atom. The van der Waals surface area contributed by atoms with E-state index in [2.05, 4.69) is 15.4 Å². The zero-order valence-corrected chi connectivity index (χ0v) is 9.74. The van der Waals surface area contributed by atoms with Gasteiger partial charge in [-0.05, 0) is 29.8 Å². The Labute approximate surface area is 98.8 Å². The molecule has 0 amide bonds. The molecule has 2 aromatic rings. The van der Waals surface area contributed by atoms with E-state index in [4.69, 9.17) is 4.74 Å². The molecule has 0 radical (unpaired) electrons. The number of aliphatic hydroxyl groups is 1. The predicted molar refractivity (Wildman–Crippen MR) is 60.2 cm³/mol. The van der Waals surface area contributed by atoms with Crippen LogP contribution in [0.15, 0.2) is 24.3 Å². The Kier molecular flexibility index (Phi) is 3.34. The second-order valence-corrected chi connectivity index (χ2v) is 3.73. The molecule has 2 rings (SSSR count). The topological polar surface area (TPSA) is 73.1 Å². The summed E-state index contributed by atoms with van der Waals surface area (Å²) in [5.41, 5.74) is 0.856. The highest BCUT2D eigenvalue weighted by molar-refractivity contribution is 5.28. The van der Waals surface area contributed by atoms with E-state index >= 15 is 0 Å². The highest BCUT2D eigenvalue weighted by atomic mass is 16.5. The van der Waals surface area contributed by atoms with Crippen molar-refractivity contribution in [1.82, 2.24) is 20.2 Å². The normalized spacial score (nSPS) is 12.4. The number of hydrogen-bond acceptors (Lipinski definition) is 5. The number of nitrogens with zero attached hydrogens (tertiary/aromatic N) is 4. The third-order valence-corrected chi connectivity index (χ3v) is 2.28. The molecule has 1 aromatic heterocycles. The SMILES string of the molecule is CC(O)c1ccc(OCc2nnn(C)n2)cc1. The molecule has 0 aliphatic heterocycles. The molecule has 1 heterocycles. The van der Waals surface area contributed by atoms with Gasteiger partial charge in [0.05, 0.1) is 13.2 Å². The molecule has 0 bridgehead atoms. The van der Waals surface area contributed by atoms with Gasteiger partial charge in [-0.3, -0.25) is 0 Å². The fourth-order valence-electron chi connectivity index (χ4n) is 1.37. The van der Waals surface area contributed by atoms with Gasteiger partial charge in [-0.2, -0.15) is 4.80 Å². The molecule has 0 spiro atoms. The third kappa shape index (κ3) is 3.01. The molecule has 90 valence electrons. The van der Waals surface area contributed by atoms with Crippen molar-refractivity contribution in [3.63, 3.8) is 0 Å². The van der Waals surface area contributed by atoms with Gasteiger partial charge in [0.25, 0.3) is 0 Å². The maximum atomic E-state index is 9.35. The predicted octanol–water partition coefficient (Wildman–Crippen LogP) is 0.842. The fourth-order valence-corrected chi connectivity index (χ4v) is 1.37. The fraction of sp³-hybridized carbons (Fsp3) is 0.364. The van der Waals surface area contributed by atoms with Crippen molar-refractivity contribution in [2.24, 2.45) is 7.05 Å². The van der Waals surface area contributed by atoms with Gasteiger partial charge in [-0.15, -0.1) is 10.2 Å². The van der Waals surface area contributed by atoms with Gasteiger partial charge in [0.1, 0.15) is 5.75 Å². The van der Waals surface area contributed by atoms with Crippen LogP contribution in [-0.2, 0) is 13.7 Å². The van der Waals surface area contributed by atoms with Crippen molar-refractivity contribution in [2.45, 2.75) is 19.6 Å². The van der Waals surface area contributed by atoms with E-state index in [0.717, 1.165) is 5.56 Å². The summed E-state index contributed by atoms with van der Waals surface area (Å²) in [5.74, 6) is 1.24. The second-order valence-electron chi connectivity index (χ2n) is 3.73. The van der Waals surface area contributed by atoms with E-state index in [9.17, 15) is 5.11 Å². The van der Waals surface area contributed by atoms with Crippen LogP contribution >= 0.6 is 0 Å². The van der Waals surface area contributed by atoms with Gasteiger partial charge >= 0.3 is 0 Å². The van der Waals surface area contributed by atoms with Crippen molar-refractivity contribution in [2.75, 3.05) is 0 Å². The van der Waals surface area contributed by atoms with Gasteiger partial charge in [0.15, 0.2) is 6.61 Å². The average molecular weight is 234 g/mol. The zero-order chi connectivity index (χ0) is 12.3. The molecule has 6 nitrogen and oxygen atoms in total. The van der Waals surface area contributed by atoms with Crippen LogP contribution in [0.25, 0.3) is 0 Å². The summed E-state index contributed by atoms with van der Waals surface area (Å²) in [7, 11) is 1.70. The molecule has 17 heavy (non-hydrogen) atoms. The molecule has 1 atom stereocenters. The van der Waals surface area contributed by atoms with Crippen LogP contribution in [0.1, 0.15) is 24.4 Å². The number of tetrazole rings is 1. The number of hydrogen-bond donors (Lipinski definition) is 1. The van der Waals surface area contributed by atoms with Gasteiger partial charge in [-0.25, -0.2) is 0 Å². The van der Waals surface area contributed by atoms with Crippen molar-refractivity contribution in [3.05, 3.63) is 35.7 Å². The van der Waals surface area contributed by atoms with Crippen LogP contribution in [0.2, 0.25) is 0 Å². The minimum absolute atomic E-state index is 0.280. The molecular weight excluding hydrogens is 220 g/mol. The molecule has 0 saturated carbocycles. The molecular formula is C11H14N4O2. The minimum atomic E-state index is -0.467. The third-order valence-electron chi connectivity index (χ3n) is 2.28. The van der Waals surface area contributed by atoms with E-state index in [0.29, 0.717) is 11.6 Å². The van der Waals surface area contributed by atoms with Crippen LogP contribution < -0.4 is 4.74 Å². The molecule has 1 N–H and O–H groups in total. The monoisotopic (exact) mass is 234 g/mol. The van der Waals surface area contributed by atoms with Crippen LogP contribution in [0, 0.1) is 0 Å². The van der Waals surface area contributed by atoms with Crippen molar-refractivity contribution in [3.8, 4) is 5.75 Å². The number of rotatable bonds is 4. The summed E-state index contributed by atoms with van der Waals surface area (Å²) >= 11 is 0. The smallest absolute Gasteiger partial charge is 0.212 e. The zero-order valence-electron chi connectivity index (χ0n) is 9.74. The Morgan fingerprint density at radius 3 is 2.59 bits per heavy atom. The first-order chi connectivity index (χ1) is 8.15. The van der Waals surface area contributed by atoms with Crippen LogP contribution in [0.4, 0.5) is 0 Å². The number of aromatic nitrogens is 4. The first-order valence-electron chi connectivity index (χ1n) is 5.29. The highest BCUT2D eigenvalue weighted by Crippen LogP contribution is 2.17. The lowest BCUT2D eigenvalue weighted by Crippen LogP contribution is -1.99. The lowest BCUT2D eigenvalue weighted by atomic mass is 10.1. The standard InChI is InChI=1S/C11H14N4O2/c1-8(16)9-3-5-10(6-4-9)17-7-11-12-14-15(2)13-11/h3-6,8,16H,7H2,1-2H3. The van der Waals surface area contributed by atoms with E-state index in [1.165, 1.54) is 4.80 Å². The summed E-state index contributed by atoms with van der Waals surface area (Å²) in [6, 6.07) is 7.26. The molecule has 6 heteroatoms. The number of aryl methyl sites for hydroxylation is 1. The Morgan fingerprint density at radius 2 is 2.06 bits per heavy atom. The van der Waals surface area contributed by atoms with Crippen LogP contribution in [-0.4, -0.2) is 25.3 Å². The Hall–Kier alpha value is -1.95. The largest absolute Gasteiger partial charge is 0.485 e. The lowest BCUT2D eigenvalue weighted by Gasteiger charge is -2.06. The summed E-state index contributed by atoms with van der Waals surface area (Å²) in [4.78, 5) is 1.38. The maximum absolute atomic E-state index is 9.35. The number of aliphatic hydroxyl groups excluding tert-OH is 1. The average Bonchev–Trinajstić information content (AvgIpc) is 2.73. The van der Waals surface area contributed by atoms with E-state index in [1.54, 1.807) is 26.1 Å². The first-order valence-corrected chi connectivity index (χ1v) is 5.29. The maximum Gasteiger partial charge on any atom is 0.212 e. The van der Waals surface area contributed by atoms with E-state index in [1.807, 2.05) is 12.1 Å². The summed E-state index contributed by atoms with van der Waals surface area (Å²) in [6.07, 6.45) is -0.467. The van der Waals surface area contributed by atoms with Crippen LogP contribution in [0.5, 0.6) is 5.75 Å². The first kappa shape index (κ1) is 11.5. The molecule has 0 fully saturated rings.